The SMILES string of the molecule is CC1(C)CCCC(C)(C)N1OP(ON1C(C)(C)CCCC1(C)C)ON1C(C)(C)CCCC1(C)C. The normalized spacial score (nSPS) is 31.0. The van der Waals surface area contributed by atoms with Crippen LogP contribution in [0.15, 0.2) is 0 Å². The molecule has 3 fully saturated rings. The zero-order valence-corrected chi connectivity index (χ0v) is 25.3. The van der Waals surface area contributed by atoms with Crippen molar-refractivity contribution < 1.29 is 13.9 Å². The van der Waals surface area contributed by atoms with Crippen LogP contribution >= 0.6 is 8.60 Å². The molecule has 0 amide bonds. The van der Waals surface area contributed by atoms with Gasteiger partial charge in [-0.1, -0.05) is 0 Å². The van der Waals surface area contributed by atoms with Gasteiger partial charge in [-0.25, -0.2) is 13.9 Å². The smallest absolute Gasteiger partial charge is 0.218 e. The molecule has 3 aliphatic rings. The van der Waals surface area contributed by atoms with Crippen molar-refractivity contribution in [2.45, 2.75) is 174 Å². The summed E-state index contributed by atoms with van der Waals surface area (Å²) in [5.74, 6) is 0. The van der Waals surface area contributed by atoms with Crippen molar-refractivity contribution in [3.8, 4) is 0 Å². The molecule has 0 saturated carbocycles. The minimum atomic E-state index is -1.70. The van der Waals surface area contributed by atoms with Gasteiger partial charge in [0, 0.05) is 33.2 Å². The average molecular weight is 500 g/mol. The molecular formula is C27H54N3O3P. The van der Waals surface area contributed by atoms with Crippen molar-refractivity contribution >= 4 is 8.60 Å². The molecule has 0 aliphatic carbocycles. The van der Waals surface area contributed by atoms with E-state index in [4.69, 9.17) is 13.9 Å². The Kier molecular flexibility index (Phi) is 8.03. The maximum Gasteiger partial charge on any atom is 0.387 e. The fourth-order valence-electron chi connectivity index (χ4n) is 6.84. The van der Waals surface area contributed by atoms with Gasteiger partial charge in [0.2, 0.25) is 0 Å². The highest BCUT2D eigenvalue weighted by Gasteiger charge is 2.51. The molecule has 3 saturated heterocycles. The molecule has 6 nitrogen and oxygen atoms in total. The summed E-state index contributed by atoms with van der Waals surface area (Å²) in [5, 5.41) is 6.59. The zero-order valence-electron chi connectivity index (χ0n) is 24.4. The van der Waals surface area contributed by atoms with Gasteiger partial charge < -0.3 is 0 Å². The third-order valence-electron chi connectivity index (χ3n) is 8.48. The largest absolute Gasteiger partial charge is 0.387 e. The number of hydrogen-bond donors (Lipinski definition) is 0. The highest BCUT2D eigenvalue weighted by molar-refractivity contribution is 7.41. The van der Waals surface area contributed by atoms with Crippen LogP contribution in [0.1, 0.15) is 141 Å². The summed E-state index contributed by atoms with van der Waals surface area (Å²) >= 11 is 0. The summed E-state index contributed by atoms with van der Waals surface area (Å²) in [6.07, 6.45) is 10.2. The molecule has 0 spiro atoms. The van der Waals surface area contributed by atoms with Gasteiger partial charge in [-0.3, -0.25) is 0 Å². The second-order valence-corrected chi connectivity index (χ2v) is 15.7. The number of rotatable bonds is 6. The predicted octanol–water partition coefficient (Wildman–Crippen LogP) is 8.14. The second kappa shape index (κ2) is 9.49. The van der Waals surface area contributed by atoms with Gasteiger partial charge in [0.1, 0.15) is 0 Å². The molecule has 0 unspecified atom stereocenters. The fourth-order valence-corrected chi connectivity index (χ4v) is 8.65. The van der Waals surface area contributed by atoms with E-state index < -0.39 is 8.60 Å². The molecule has 0 aromatic rings. The monoisotopic (exact) mass is 499 g/mol. The van der Waals surface area contributed by atoms with Crippen LogP contribution < -0.4 is 0 Å². The van der Waals surface area contributed by atoms with E-state index in [9.17, 15) is 0 Å². The molecule has 3 heterocycles. The first-order valence-electron chi connectivity index (χ1n) is 13.6. The Labute approximate surface area is 211 Å². The quantitative estimate of drug-likeness (QED) is 0.343. The molecule has 0 bridgehead atoms. The standard InChI is InChI=1S/C27H54N3O3P/c1-22(2)16-13-17-23(3,4)28(22)31-34(32-29-24(5,6)18-14-19-25(29,7)8)33-30-26(9,10)20-15-21-27(30,11)12/h13-21H2,1-12H3. The van der Waals surface area contributed by atoms with E-state index in [1.165, 1.54) is 19.3 Å². The lowest BCUT2D eigenvalue weighted by Crippen LogP contribution is -2.61. The molecule has 0 aromatic heterocycles. The van der Waals surface area contributed by atoms with Crippen molar-refractivity contribution in [3.05, 3.63) is 0 Å². The Morgan fingerprint density at radius 1 is 0.382 bits per heavy atom. The lowest BCUT2D eigenvalue weighted by Gasteiger charge is -2.56. The van der Waals surface area contributed by atoms with E-state index in [2.05, 4.69) is 98.3 Å². The maximum atomic E-state index is 6.87. The van der Waals surface area contributed by atoms with Crippen LogP contribution in [0, 0.1) is 0 Å². The lowest BCUT2D eigenvalue weighted by atomic mass is 9.82. The Hall–Kier alpha value is 0.190. The minimum absolute atomic E-state index is 0.0884. The molecule has 3 aliphatic heterocycles. The average Bonchev–Trinajstić information content (AvgIpc) is 2.62. The zero-order chi connectivity index (χ0) is 25.8. The van der Waals surface area contributed by atoms with E-state index in [-0.39, 0.29) is 33.2 Å². The van der Waals surface area contributed by atoms with E-state index in [1.807, 2.05) is 0 Å². The predicted molar refractivity (Wildman–Crippen MR) is 142 cm³/mol. The van der Waals surface area contributed by atoms with E-state index in [0.29, 0.717) is 0 Å². The van der Waals surface area contributed by atoms with Gasteiger partial charge in [0.15, 0.2) is 0 Å². The summed E-state index contributed by atoms with van der Waals surface area (Å²) in [7, 11) is -1.70. The molecule has 7 heteroatoms. The van der Waals surface area contributed by atoms with Crippen molar-refractivity contribution in [3.63, 3.8) is 0 Å². The molecule has 34 heavy (non-hydrogen) atoms. The number of hydroxylamine groups is 6. The molecular weight excluding hydrogens is 445 g/mol. The van der Waals surface area contributed by atoms with Crippen LogP contribution in [0.25, 0.3) is 0 Å². The van der Waals surface area contributed by atoms with Crippen LogP contribution in [-0.4, -0.2) is 48.4 Å². The third-order valence-corrected chi connectivity index (χ3v) is 9.37. The van der Waals surface area contributed by atoms with Gasteiger partial charge in [0.25, 0.3) is 0 Å². The van der Waals surface area contributed by atoms with E-state index in [1.54, 1.807) is 0 Å². The minimum Gasteiger partial charge on any atom is -0.218 e. The molecule has 3 rings (SSSR count). The van der Waals surface area contributed by atoms with Crippen molar-refractivity contribution in [1.82, 2.24) is 15.2 Å². The number of hydrogen-bond acceptors (Lipinski definition) is 6. The fraction of sp³-hybridized carbons (Fsp3) is 1.00. The van der Waals surface area contributed by atoms with Crippen molar-refractivity contribution in [2.75, 3.05) is 0 Å². The Balaban J connectivity index is 1.96. The third kappa shape index (κ3) is 6.01. The first-order chi connectivity index (χ1) is 15.3. The number of piperidine rings is 3. The highest BCUT2D eigenvalue weighted by atomic mass is 31.2. The summed E-state index contributed by atoms with van der Waals surface area (Å²) in [5.41, 5.74) is -0.530. The van der Waals surface area contributed by atoms with Crippen LogP contribution in [0.3, 0.4) is 0 Å². The van der Waals surface area contributed by atoms with E-state index >= 15 is 0 Å². The van der Waals surface area contributed by atoms with Crippen LogP contribution in [0.2, 0.25) is 0 Å². The van der Waals surface area contributed by atoms with Crippen LogP contribution in [0.5, 0.6) is 0 Å². The van der Waals surface area contributed by atoms with Gasteiger partial charge in [-0.15, -0.1) is 0 Å². The first-order valence-corrected chi connectivity index (χ1v) is 14.7. The lowest BCUT2D eigenvalue weighted by molar-refractivity contribution is -0.292. The maximum absolute atomic E-state index is 6.87. The molecule has 0 radical (unpaired) electrons. The first kappa shape index (κ1) is 28.8. The molecule has 0 aromatic carbocycles. The molecule has 0 atom stereocenters. The van der Waals surface area contributed by atoms with Crippen molar-refractivity contribution in [1.29, 1.82) is 0 Å². The molecule has 200 valence electrons. The van der Waals surface area contributed by atoms with Gasteiger partial charge in [-0.05, 0) is 141 Å². The van der Waals surface area contributed by atoms with E-state index in [0.717, 1.165) is 38.5 Å². The van der Waals surface area contributed by atoms with Crippen LogP contribution in [0.4, 0.5) is 0 Å². The topological polar surface area (TPSA) is 37.4 Å². The summed E-state index contributed by atoms with van der Waals surface area (Å²) in [6.45, 7) is 27.4. The van der Waals surface area contributed by atoms with Gasteiger partial charge in [0.05, 0.1) is 0 Å². The van der Waals surface area contributed by atoms with Crippen molar-refractivity contribution in [2.24, 2.45) is 0 Å². The summed E-state index contributed by atoms with van der Waals surface area (Å²) in [4.78, 5) is 0. The van der Waals surface area contributed by atoms with Gasteiger partial charge >= 0.3 is 8.60 Å². The second-order valence-electron chi connectivity index (χ2n) is 14.8. The Morgan fingerprint density at radius 2 is 0.559 bits per heavy atom. The summed E-state index contributed by atoms with van der Waals surface area (Å²) < 4.78 is 20.6. The van der Waals surface area contributed by atoms with Crippen LogP contribution in [-0.2, 0) is 13.9 Å². The Morgan fingerprint density at radius 3 is 0.735 bits per heavy atom. The molecule has 0 N–H and O–H groups in total. The highest BCUT2D eigenvalue weighted by Crippen LogP contribution is 2.55. The number of nitrogens with zero attached hydrogens (tertiary/aromatic N) is 3. The van der Waals surface area contributed by atoms with Gasteiger partial charge in [-0.2, -0.15) is 15.2 Å². The Bertz CT molecular complexity index is 577. The summed E-state index contributed by atoms with van der Waals surface area (Å²) in [6, 6.07) is 0.